The van der Waals surface area contributed by atoms with Crippen LogP contribution in [0.1, 0.15) is 165 Å². The third-order valence-corrected chi connectivity index (χ3v) is 9.91. The molecule has 0 N–H and O–H groups in total. The average molecular weight is 517 g/mol. The maximum atomic E-state index is 4.81. The Morgan fingerprint density at radius 3 is 1.45 bits per heavy atom. The van der Waals surface area contributed by atoms with Crippen LogP contribution in [0.4, 0.5) is 0 Å². The molecule has 2 fully saturated rings. The first-order valence-corrected chi connectivity index (χ1v) is 16.7. The number of rotatable bonds is 15. The van der Waals surface area contributed by atoms with Crippen LogP contribution >= 0.6 is 0 Å². The number of hydrogen-bond acceptors (Lipinski definition) is 2. The van der Waals surface area contributed by atoms with E-state index in [4.69, 9.17) is 9.97 Å². The molecule has 0 aliphatic heterocycles. The molecule has 1 aromatic heterocycles. The van der Waals surface area contributed by atoms with Gasteiger partial charge in [0.2, 0.25) is 0 Å². The molecule has 0 spiro atoms. The van der Waals surface area contributed by atoms with Gasteiger partial charge in [0, 0.05) is 18.0 Å². The molecule has 2 nitrogen and oxygen atoms in total. The molecule has 38 heavy (non-hydrogen) atoms. The molecular formula is C36H56N2. The van der Waals surface area contributed by atoms with E-state index in [1.54, 1.807) is 0 Å². The zero-order valence-corrected chi connectivity index (χ0v) is 24.8. The lowest BCUT2D eigenvalue weighted by Gasteiger charge is -2.29. The van der Waals surface area contributed by atoms with E-state index in [0.29, 0.717) is 5.92 Å². The molecule has 0 bridgehead atoms. The number of aromatic nitrogens is 2. The summed E-state index contributed by atoms with van der Waals surface area (Å²) in [4.78, 5) is 9.62. The molecule has 2 aromatic rings. The van der Waals surface area contributed by atoms with Crippen LogP contribution in [0.2, 0.25) is 0 Å². The van der Waals surface area contributed by atoms with Gasteiger partial charge in [-0.1, -0.05) is 115 Å². The topological polar surface area (TPSA) is 25.8 Å². The Kier molecular flexibility index (Phi) is 12.7. The predicted molar refractivity (Wildman–Crippen MR) is 164 cm³/mol. The summed E-state index contributed by atoms with van der Waals surface area (Å²) in [7, 11) is 0. The quantitative estimate of drug-likeness (QED) is 0.220. The van der Waals surface area contributed by atoms with E-state index in [9.17, 15) is 0 Å². The van der Waals surface area contributed by atoms with E-state index in [2.05, 4.69) is 50.5 Å². The molecule has 0 saturated heterocycles. The van der Waals surface area contributed by atoms with Gasteiger partial charge in [0.1, 0.15) is 0 Å². The third kappa shape index (κ3) is 9.20. The highest BCUT2D eigenvalue weighted by atomic mass is 14.9. The second-order valence-electron chi connectivity index (χ2n) is 12.8. The summed E-state index contributed by atoms with van der Waals surface area (Å²) in [5.41, 5.74) is 4.04. The van der Waals surface area contributed by atoms with Crippen LogP contribution in [-0.4, -0.2) is 9.97 Å². The van der Waals surface area contributed by atoms with Gasteiger partial charge in [-0.2, -0.15) is 0 Å². The first-order chi connectivity index (χ1) is 18.8. The van der Waals surface area contributed by atoms with Gasteiger partial charge in [-0.15, -0.1) is 0 Å². The van der Waals surface area contributed by atoms with Crippen LogP contribution in [0.25, 0.3) is 11.4 Å². The Morgan fingerprint density at radius 1 is 0.526 bits per heavy atom. The fourth-order valence-electron chi connectivity index (χ4n) is 7.24. The SMILES string of the molecule is CCCCCCCC1CCC(c2ccc(-c3ncc(C4CCC(CCCCCCC)CC4)cn3)cc2)CC1. The summed E-state index contributed by atoms with van der Waals surface area (Å²) in [5, 5.41) is 0. The van der Waals surface area contributed by atoms with Gasteiger partial charge in [0.25, 0.3) is 0 Å². The third-order valence-electron chi connectivity index (χ3n) is 9.91. The lowest BCUT2D eigenvalue weighted by atomic mass is 9.77. The summed E-state index contributed by atoms with van der Waals surface area (Å²) in [6.45, 7) is 4.61. The van der Waals surface area contributed by atoms with Crippen LogP contribution < -0.4 is 0 Å². The summed E-state index contributed by atoms with van der Waals surface area (Å²) in [6, 6.07) is 9.23. The number of nitrogens with zero attached hydrogens (tertiary/aromatic N) is 2. The van der Waals surface area contributed by atoms with Crippen LogP contribution in [-0.2, 0) is 0 Å². The monoisotopic (exact) mass is 516 g/mol. The van der Waals surface area contributed by atoms with Gasteiger partial charge in [-0.3, -0.25) is 0 Å². The Hall–Kier alpha value is -1.70. The van der Waals surface area contributed by atoms with Crippen molar-refractivity contribution >= 4 is 0 Å². The molecule has 0 unspecified atom stereocenters. The van der Waals surface area contributed by atoms with Gasteiger partial charge in [-0.25, -0.2) is 9.97 Å². The molecule has 0 radical (unpaired) electrons. The maximum absolute atomic E-state index is 4.81. The Labute approximate surface area is 234 Å². The molecule has 4 rings (SSSR count). The van der Waals surface area contributed by atoms with Gasteiger partial charge in [-0.05, 0) is 86.2 Å². The van der Waals surface area contributed by atoms with E-state index < -0.39 is 0 Å². The van der Waals surface area contributed by atoms with E-state index in [1.165, 1.54) is 140 Å². The van der Waals surface area contributed by atoms with Crippen LogP contribution in [0.5, 0.6) is 0 Å². The summed E-state index contributed by atoms with van der Waals surface area (Å²) < 4.78 is 0. The average Bonchev–Trinajstić information content (AvgIpc) is 2.98. The number of unbranched alkanes of at least 4 members (excludes halogenated alkanes) is 8. The Morgan fingerprint density at radius 2 is 0.974 bits per heavy atom. The zero-order chi connectivity index (χ0) is 26.4. The van der Waals surface area contributed by atoms with Crippen molar-refractivity contribution < 1.29 is 0 Å². The second-order valence-corrected chi connectivity index (χ2v) is 12.8. The van der Waals surface area contributed by atoms with Crippen molar-refractivity contribution in [3.63, 3.8) is 0 Å². The van der Waals surface area contributed by atoms with Crippen LogP contribution in [0.3, 0.4) is 0 Å². The molecule has 1 heterocycles. The highest BCUT2D eigenvalue weighted by molar-refractivity contribution is 5.55. The predicted octanol–water partition coefficient (Wildman–Crippen LogP) is 11.4. The minimum absolute atomic E-state index is 0.661. The van der Waals surface area contributed by atoms with Crippen LogP contribution in [0, 0.1) is 11.8 Å². The van der Waals surface area contributed by atoms with Crippen molar-refractivity contribution in [3.05, 3.63) is 47.8 Å². The fraction of sp³-hybridized carbons (Fsp3) is 0.722. The minimum Gasteiger partial charge on any atom is -0.236 e. The number of hydrogen-bond donors (Lipinski definition) is 0. The van der Waals surface area contributed by atoms with Gasteiger partial charge in [0.15, 0.2) is 5.82 Å². The first-order valence-electron chi connectivity index (χ1n) is 16.7. The zero-order valence-electron chi connectivity index (χ0n) is 24.8. The first kappa shape index (κ1) is 29.3. The van der Waals surface area contributed by atoms with Crippen molar-refractivity contribution in [2.24, 2.45) is 11.8 Å². The highest BCUT2D eigenvalue weighted by Gasteiger charge is 2.24. The van der Waals surface area contributed by atoms with Gasteiger partial charge in [0.05, 0.1) is 0 Å². The van der Waals surface area contributed by atoms with Crippen molar-refractivity contribution in [2.75, 3.05) is 0 Å². The molecule has 0 amide bonds. The molecule has 2 saturated carbocycles. The Bertz CT molecular complexity index is 795. The van der Waals surface area contributed by atoms with E-state index in [0.717, 1.165) is 29.1 Å². The van der Waals surface area contributed by atoms with Gasteiger partial charge < -0.3 is 0 Å². The summed E-state index contributed by atoms with van der Waals surface area (Å²) in [5.74, 6) is 4.22. The second kappa shape index (κ2) is 16.4. The van der Waals surface area contributed by atoms with Crippen molar-refractivity contribution in [3.8, 4) is 11.4 Å². The molecule has 2 aliphatic carbocycles. The van der Waals surface area contributed by atoms with Crippen molar-refractivity contribution in [1.29, 1.82) is 0 Å². The normalized spacial score (nSPS) is 23.9. The highest BCUT2D eigenvalue weighted by Crippen LogP contribution is 2.39. The largest absolute Gasteiger partial charge is 0.236 e. The summed E-state index contributed by atoms with van der Waals surface area (Å²) in [6.07, 6.45) is 32.3. The molecule has 210 valence electrons. The lowest BCUT2D eigenvalue weighted by Crippen LogP contribution is -2.14. The molecular weight excluding hydrogens is 460 g/mol. The summed E-state index contributed by atoms with van der Waals surface area (Å²) >= 11 is 0. The molecule has 1 aromatic carbocycles. The standard InChI is InChI=1S/C36H56N2/c1-3-5-7-9-11-13-29-15-19-31(20-16-29)32-23-25-34(26-24-32)36-37-27-35(28-38-36)33-21-17-30(18-22-33)14-12-10-8-6-4-2/h23-31,33H,3-22H2,1-2H3. The van der Waals surface area contributed by atoms with E-state index in [1.807, 2.05) is 0 Å². The lowest BCUT2D eigenvalue weighted by molar-refractivity contribution is 0.301. The van der Waals surface area contributed by atoms with Crippen molar-refractivity contribution in [1.82, 2.24) is 9.97 Å². The Balaban J connectivity index is 1.18. The minimum atomic E-state index is 0.661. The molecule has 2 aliphatic rings. The van der Waals surface area contributed by atoms with E-state index in [-0.39, 0.29) is 0 Å². The number of benzene rings is 1. The van der Waals surface area contributed by atoms with Crippen molar-refractivity contribution in [2.45, 2.75) is 154 Å². The van der Waals surface area contributed by atoms with Gasteiger partial charge >= 0.3 is 0 Å². The fourth-order valence-corrected chi connectivity index (χ4v) is 7.24. The maximum Gasteiger partial charge on any atom is 0.159 e. The van der Waals surface area contributed by atoms with Crippen LogP contribution in [0.15, 0.2) is 36.7 Å². The molecule has 2 heteroatoms. The van der Waals surface area contributed by atoms with E-state index >= 15 is 0 Å². The molecule has 0 atom stereocenters. The smallest absolute Gasteiger partial charge is 0.159 e.